The average molecular weight is 499 g/mol. The van der Waals surface area contributed by atoms with Crippen LogP contribution in [0, 0.1) is 64.1 Å². The quantitative estimate of drug-likeness (QED) is 0.351. The van der Waals surface area contributed by atoms with Crippen LogP contribution in [0.1, 0.15) is 91.9 Å². The van der Waals surface area contributed by atoms with E-state index in [0.29, 0.717) is 31.1 Å². The van der Waals surface area contributed by atoms with Crippen molar-refractivity contribution in [2.24, 2.45) is 64.1 Å². The predicted molar refractivity (Wildman–Crippen MR) is 130 cm³/mol. The molecule has 0 aromatic rings. The number of ether oxygens (including phenoxy) is 3. The van der Waals surface area contributed by atoms with E-state index in [-0.39, 0.29) is 29.9 Å². The van der Waals surface area contributed by atoms with Crippen molar-refractivity contribution in [1.82, 2.24) is 0 Å². The van der Waals surface area contributed by atoms with Gasteiger partial charge in [-0.1, -0.05) is 6.92 Å². The first-order chi connectivity index (χ1) is 17.0. The minimum absolute atomic E-state index is 0.0469. The monoisotopic (exact) mass is 498 g/mol. The number of esters is 3. The van der Waals surface area contributed by atoms with Gasteiger partial charge in [-0.15, -0.1) is 0 Å². The van der Waals surface area contributed by atoms with Crippen molar-refractivity contribution in [2.75, 3.05) is 0 Å². The van der Waals surface area contributed by atoms with E-state index in [2.05, 4.69) is 0 Å². The van der Waals surface area contributed by atoms with Gasteiger partial charge in [-0.2, -0.15) is 0 Å². The molecule has 0 N–H and O–H groups in total. The van der Waals surface area contributed by atoms with Gasteiger partial charge in [-0.3, -0.25) is 14.4 Å². The fraction of sp³-hybridized carbons (Fsp3) is 0.900. The van der Waals surface area contributed by atoms with Crippen LogP contribution in [0.15, 0.2) is 0 Å². The minimum Gasteiger partial charge on any atom is -0.462 e. The lowest BCUT2D eigenvalue weighted by atomic mass is 9.70. The summed E-state index contributed by atoms with van der Waals surface area (Å²) in [6.07, 6.45) is 9.82. The zero-order chi connectivity index (χ0) is 25.2. The standard InChI is InChI=1S/C30H42O6/c1-5-16(25(31)35-30-13-15-8-22(30)29(4,12-15)27(33)36-30)14-28(2,3)26(32)34-21-11-19-10-20(21)24-18-7-6-17(9-18)23(19)24/h15-24H,5-14H2,1-4H3. The summed E-state index contributed by atoms with van der Waals surface area (Å²) >= 11 is 0. The number of hydrogen-bond donors (Lipinski definition) is 0. The van der Waals surface area contributed by atoms with Crippen LogP contribution in [-0.4, -0.2) is 29.8 Å². The van der Waals surface area contributed by atoms with E-state index >= 15 is 0 Å². The Bertz CT molecular complexity index is 1000. The fourth-order valence-electron chi connectivity index (χ4n) is 10.8. The summed E-state index contributed by atoms with van der Waals surface area (Å²) in [5, 5.41) is 0. The summed E-state index contributed by atoms with van der Waals surface area (Å²) in [6, 6.07) is 0. The molecule has 1 saturated heterocycles. The topological polar surface area (TPSA) is 78.9 Å². The van der Waals surface area contributed by atoms with Crippen molar-refractivity contribution < 1.29 is 28.6 Å². The van der Waals surface area contributed by atoms with Crippen LogP contribution in [0.4, 0.5) is 0 Å². The molecular weight excluding hydrogens is 456 g/mol. The molecule has 12 unspecified atom stereocenters. The van der Waals surface area contributed by atoms with Crippen molar-refractivity contribution in [1.29, 1.82) is 0 Å². The molecule has 6 nitrogen and oxygen atoms in total. The average Bonchev–Trinajstić information content (AvgIpc) is 3.64. The Morgan fingerprint density at radius 2 is 1.81 bits per heavy atom. The second-order valence-electron chi connectivity index (χ2n) is 14.6. The number of rotatable bonds is 7. The zero-order valence-electron chi connectivity index (χ0n) is 22.3. The molecule has 7 fully saturated rings. The van der Waals surface area contributed by atoms with Gasteiger partial charge in [0.2, 0.25) is 0 Å². The second kappa shape index (κ2) is 7.50. The van der Waals surface area contributed by atoms with Crippen LogP contribution in [0.2, 0.25) is 0 Å². The Morgan fingerprint density at radius 1 is 1.06 bits per heavy atom. The molecule has 1 heterocycles. The summed E-state index contributed by atoms with van der Waals surface area (Å²) in [6.45, 7) is 7.73. The number of carbonyl (C=O) groups is 3. The maximum Gasteiger partial charge on any atom is 0.315 e. The normalized spacial score (nSPS) is 49.9. The number of carbonyl (C=O) groups excluding carboxylic acids is 3. The molecule has 198 valence electrons. The Labute approximate surface area is 214 Å². The van der Waals surface area contributed by atoms with Crippen LogP contribution >= 0.6 is 0 Å². The summed E-state index contributed by atoms with van der Waals surface area (Å²) in [7, 11) is 0. The van der Waals surface area contributed by atoms with Gasteiger partial charge in [-0.25, -0.2) is 0 Å². The molecule has 0 spiro atoms. The van der Waals surface area contributed by atoms with E-state index < -0.39 is 22.5 Å². The third-order valence-corrected chi connectivity index (χ3v) is 12.2. The smallest absolute Gasteiger partial charge is 0.315 e. The predicted octanol–water partition coefficient (Wildman–Crippen LogP) is 5.28. The van der Waals surface area contributed by atoms with Gasteiger partial charge in [0.05, 0.1) is 22.7 Å². The Hall–Kier alpha value is -1.59. The van der Waals surface area contributed by atoms with Crippen LogP contribution < -0.4 is 0 Å². The molecule has 6 heteroatoms. The van der Waals surface area contributed by atoms with Crippen LogP contribution in [-0.2, 0) is 28.6 Å². The van der Waals surface area contributed by atoms with E-state index in [1.165, 1.54) is 25.7 Å². The van der Waals surface area contributed by atoms with Crippen molar-refractivity contribution >= 4 is 17.9 Å². The van der Waals surface area contributed by atoms with Crippen molar-refractivity contribution in [3.05, 3.63) is 0 Å². The maximum atomic E-state index is 13.4. The van der Waals surface area contributed by atoms with Gasteiger partial charge < -0.3 is 14.2 Å². The van der Waals surface area contributed by atoms with Gasteiger partial charge in [0.25, 0.3) is 5.79 Å². The largest absolute Gasteiger partial charge is 0.462 e. The second-order valence-corrected chi connectivity index (χ2v) is 14.6. The van der Waals surface area contributed by atoms with Crippen LogP contribution in [0.3, 0.4) is 0 Å². The summed E-state index contributed by atoms with van der Waals surface area (Å²) < 4.78 is 18.1. The first-order valence-corrected chi connectivity index (χ1v) is 14.7. The Balaban J connectivity index is 0.996. The van der Waals surface area contributed by atoms with Crippen LogP contribution in [0.5, 0.6) is 0 Å². The molecule has 0 aromatic heterocycles. The van der Waals surface area contributed by atoms with Gasteiger partial charge in [0.1, 0.15) is 6.10 Å². The third kappa shape index (κ3) is 3.05. The first-order valence-electron chi connectivity index (χ1n) is 14.7. The van der Waals surface area contributed by atoms with Crippen molar-refractivity contribution in [3.63, 3.8) is 0 Å². The minimum atomic E-state index is -1.09. The lowest BCUT2D eigenvalue weighted by Gasteiger charge is -2.39. The Kier molecular flexibility index (Phi) is 4.90. The van der Waals surface area contributed by atoms with E-state index in [0.717, 1.165) is 48.9 Å². The molecule has 0 radical (unpaired) electrons. The van der Waals surface area contributed by atoms with E-state index in [4.69, 9.17) is 14.2 Å². The van der Waals surface area contributed by atoms with Gasteiger partial charge in [0.15, 0.2) is 0 Å². The molecule has 7 rings (SSSR count). The molecular formula is C30H42O6. The highest BCUT2D eigenvalue weighted by Gasteiger charge is 2.74. The SMILES string of the molecule is CCC(CC(C)(C)C(=O)OC1CC2CC1C1C3CCC(C3)C21)C(=O)OC12CC3CC1C(C)(C3)C(=O)O2. The maximum absolute atomic E-state index is 13.4. The number of fused-ring (bicyclic) bond motifs is 10. The molecule has 1 aliphatic heterocycles. The summed E-state index contributed by atoms with van der Waals surface area (Å²) in [5.74, 6) is 2.84. The third-order valence-electron chi connectivity index (χ3n) is 12.2. The van der Waals surface area contributed by atoms with E-state index in [1.54, 1.807) is 0 Å². The number of hydrogen-bond acceptors (Lipinski definition) is 6. The molecule has 12 atom stereocenters. The fourth-order valence-corrected chi connectivity index (χ4v) is 10.8. The highest BCUT2D eigenvalue weighted by atomic mass is 16.7. The summed E-state index contributed by atoms with van der Waals surface area (Å²) in [4.78, 5) is 39.4. The summed E-state index contributed by atoms with van der Waals surface area (Å²) in [5.41, 5.74) is -1.30. The zero-order valence-corrected chi connectivity index (χ0v) is 22.3. The van der Waals surface area contributed by atoms with Gasteiger partial charge in [0, 0.05) is 6.42 Å². The molecule has 6 bridgehead atoms. The lowest BCUT2D eigenvalue weighted by Crippen LogP contribution is -2.44. The van der Waals surface area contributed by atoms with E-state index in [1.807, 2.05) is 27.7 Å². The van der Waals surface area contributed by atoms with Crippen molar-refractivity contribution in [3.8, 4) is 0 Å². The Morgan fingerprint density at radius 3 is 2.53 bits per heavy atom. The van der Waals surface area contributed by atoms with Gasteiger partial charge in [-0.05, 0) is 120 Å². The highest BCUT2D eigenvalue weighted by Crippen LogP contribution is 2.68. The first kappa shape index (κ1) is 23.5. The molecule has 6 saturated carbocycles. The lowest BCUT2D eigenvalue weighted by molar-refractivity contribution is -0.227. The van der Waals surface area contributed by atoms with Crippen LogP contribution in [0.25, 0.3) is 0 Å². The highest BCUT2D eigenvalue weighted by molar-refractivity contribution is 5.82. The van der Waals surface area contributed by atoms with E-state index in [9.17, 15) is 14.4 Å². The molecule has 6 aliphatic carbocycles. The van der Waals surface area contributed by atoms with Gasteiger partial charge >= 0.3 is 17.9 Å². The molecule has 0 aromatic carbocycles. The van der Waals surface area contributed by atoms with Crippen molar-refractivity contribution in [2.45, 2.75) is 104 Å². The molecule has 7 aliphatic rings. The molecule has 36 heavy (non-hydrogen) atoms. The molecule has 0 amide bonds.